The second-order valence-corrected chi connectivity index (χ2v) is 12.2. The molecule has 1 N–H and O–H groups in total. The molecule has 0 saturated heterocycles. The Balaban J connectivity index is 1.30. The molecule has 0 bridgehead atoms. The molecule has 6 aromatic rings. The highest BCUT2D eigenvalue weighted by Gasteiger charge is 2.18. The Labute approximate surface area is 227 Å². The van der Waals surface area contributed by atoms with E-state index in [1.807, 2.05) is 49.6 Å². The molecule has 0 aliphatic heterocycles. The average Bonchev–Trinajstić information content (AvgIpc) is 3.62. The molecule has 0 unspecified atom stereocenters. The number of halogens is 1. The number of thiophene rings is 2. The van der Waals surface area contributed by atoms with Gasteiger partial charge in [0.2, 0.25) is 0 Å². The molecule has 0 atom stereocenters. The lowest BCUT2D eigenvalue weighted by Crippen LogP contribution is -1.94. The van der Waals surface area contributed by atoms with Crippen molar-refractivity contribution in [3.05, 3.63) is 72.2 Å². The first-order valence-corrected chi connectivity index (χ1v) is 14.6. The number of aryl methyl sites for hydroxylation is 1. The third-order valence-corrected chi connectivity index (χ3v) is 9.37. The van der Waals surface area contributed by atoms with Crippen LogP contribution in [0.25, 0.3) is 53.3 Å². The molecule has 4 aromatic heterocycles. The minimum atomic E-state index is -0.177. The number of nitrogens with one attached hydrogen (secondary N) is 1. The smallest absolute Gasteiger partial charge is 0.132 e. The molecule has 0 saturated carbocycles. The summed E-state index contributed by atoms with van der Waals surface area (Å²) >= 11 is 4.66. The fourth-order valence-corrected chi connectivity index (χ4v) is 7.28. The van der Waals surface area contributed by atoms with Crippen molar-refractivity contribution < 1.29 is 4.39 Å². The summed E-state index contributed by atoms with van der Waals surface area (Å²) in [4.78, 5) is 5.91. The third-order valence-electron chi connectivity index (χ3n) is 6.53. The third kappa shape index (κ3) is 4.65. The van der Waals surface area contributed by atoms with Gasteiger partial charge in [-0.2, -0.15) is 8.75 Å². The minimum absolute atomic E-state index is 0.177. The van der Waals surface area contributed by atoms with Crippen LogP contribution < -0.4 is 5.32 Å². The molecule has 0 aliphatic rings. The highest BCUT2D eigenvalue weighted by molar-refractivity contribution is 7.31. The Morgan fingerprint density at radius 1 is 0.865 bits per heavy atom. The first-order chi connectivity index (χ1) is 18.0. The number of anilines is 1. The Morgan fingerprint density at radius 3 is 2.30 bits per heavy atom. The predicted octanol–water partition coefficient (Wildman–Crippen LogP) is 9.13. The highest BCUT2D eigenvalue weighted by Crippen LogP contribution is 2.42. The summed E-state index contributed by atoms with van der Waals surface area (Å²) in [6.45, 7) is 4.38. The lowest BCUT2D eigenvalue weighted by atomic mass is 9.97. The van der Waals surface area contributed by atoms with Gasteiger partial charge in [-0.15, -0.1) is 22.7 Å². The van der Waals surface area contributed by atoms with Gasteiger partial charge in [0.15, 0.2) is 0 Å². The number of benzene rings is 2. The van der Waals surface area contributed by atoms with Crippen LogP contribution in [0, 0.1) is 11.7 Å². The van der Waals surface area contributed by atoms with E-state index in [0.29, 0.717) is 11.5 Å². The topological polar surface area (TPSA) is 50.7 Å². The van der Waals surface area contributed by atoms with Gasteiger partial charge in [-0.3, -0.25) is 4.98 Å². The Bertz CT molecular complexity index is 1680. The van der Waals surface area contributed by atoms with E-state index in [-0.39, 0.29) is 5.82 Å². The van der Waals surface area contributed by atoms with E-state index < -0.39 is 0 Å². The number of hydrogen-bond acceptors (Lipinski definition) is 7. The molecule has 4 nitrogen and oxygen atoms in total. The molecule has 37 heavy (non-hydrogen) atoms. The van der Waals surface area contributed by atoms with Crippen LogP contribution in [0.15, 0.2) is 60.8 Å². The van der Waals surface area contributed by atoms with Crippen LogP contribution in [0.5, 0.6) is 0 Å². The van der Waals surface area contributed by atoms with Crippen molar-refractivity contribution in [2.45, 2.75) is 26.7 Å². The SMILES string of the molecule is CNc1cc2sc(-c3ncc(-c4ccc(-c5ccc(CCC(C)C)cc5F)cc4)c4nsnc34)cc2s1. The largest absolute Gasteiger partial charge is 0.380 e. The van der Waals surface area contributed by atoms with E-state index in [4.69, 9.17) is 4.98 Å². The summed E-state index contributed by atoms with van der Waals surface area (Å²) in [7, 11) is 1.94. The quantitative estimate of drug-likeness (QED) is 0.218. The molecule has 0 spiro atoms. The van der Waals surface area contributed by atoms with Crippen LogP contribution in [-0.2, 0) is 6.42 Å². The van der Waals surface area contributed by atoms with Gasteiger partial charge < -0.3 is 5.32 Å². The van der Waals surface area contributed by atoms with Crippen molar-refractivity contribution in [3.8, 4) is 32.8 Å². The van der Waals surface area contributed by atoms with Crippen LogP contribution in [0.2, 0.25) is 0 Å². The van der Waals surface area contributed by atoms with Gasteiger partial charge in [-0.1, -0.05) is 50.2 Å². The molecule has 6 rings (SSSR count). The zero-order valence-electron chi connectivity index (χ0n) is 20.7. The molecule has 0 radical (unpaired) electrons. The van der Waals surface area contributed by atoms with E-state index in [0.717, 1.165) is 61.7 Å². The zero-order valence-corrected chi connectivity index (χ0v) is 23.2. The van der Waals surface area contributed by atoms with Gasteiger partial charge in [0.05, 0.1) is 21.6 Å². The Hall–Kier alpha value is -3.20. The maximum atomic E-state index is 14.9. The monoisotopic (exact) mass is 544 g/mol. The number of aromatic nitrogens is 3. The van der Waals surface area contributed by atoms with Crippen molar-refractivity contribution in [2.24, 2.45) is 5.92 Å². The summed E-state index contributed by atoms with van der Waals surface area (Å²) in [6.07, 6.45) is 3.84. The number of pyridine rings is 1. The highest BCUT2D eigenvalue weighted by atomic mass is 32.1. The van der Waals surface area contributed by atoms with Crippen LogP contribution >= 0.6 is 34.4 Å². The fraction of sp³-hybridized carbons (Fsp3) is 0.207. The molecular formula is C29H25FN4S3. The summed E-state index contributed by atoms with van der Waals surface area (Å²) in [5, 5.41) is 4.36. The lowest BCUT2D eigenvalue weighted by molar-refractivity contribution is 0.582. The summed E-state index contributed by atoms with van der Waals surface area (Å²) in [5.74, 6) is 0.427. The average molecular weight is 545 g/mol. The Morgan fingerprint density at radius 2 is 1.59 bits per heavy atom. The maximum absolute atomic E-state index is 14.9. The van der Waals surface area contributed by atoms with Crippen molar-refractivity contribution >= 4 is 59.8 Å². The van der Waals surface area contributed by atoms with Crippen molar-refractivity contribution in [1.82, 2.24) is 13.7 Å². The van der Waals surface area contributed by atoms with Crippen LogP contribution in [0.1, 0.15) is 25.8 Å². The fourth-order valence-electron chi connectivity index (χ4n) is 4.47. The van der Waals surface area contributed by atoms with Gasteiger partial charge in [-0.25, -0.2) is 4.39 Å². The van der Waals surface area contributed by atoms with Crippen LogP contribution in [-0.4, -0.2) is 20.8 Å². The second kappa shape index (κ2) is 9.93. The van der Waals surface area contributed by atoms with Crippen LogP contribution in [0.4, 0.5) is 9.39 Å². The predicted molar refractivity (Wildman–Crippen MR) is 157 cm³/mol. The Kier molecular flexibility index (Phi) is 6.48. The summed E-state index contributed by atoms with van der Waals surface area (Å²) in [5.41, 5.74) is 6.96. The van der Waals surface area contributed by atoms with Crippen molar-refractivity contribution in [3.63, 3.8) is 0 Å². The zero-order chi connectivity index (χ0) is 25.5. The van der Waals surface area contributed by atoms with E-state index in [2.05, 4.69) is 40.0 Å². The van der Waals surface area contributed by atoms with E-state index in [1.165, 1.54) is 21.1 Å². The van der Waals surface area contributed by atoms with E-state index >= 15 is 0 Å². The summed E-state index contributed by atoms with van der Waals surface area (Å²) < 4.78 is 26.6. The number of nitrogens with zero attached hydrogens (tertiary/aromatic N) is 3. The molecule has 0 fully saturated rings. The summed E-state index contributed by atoms with van der Waals surface area (Å²) in [6, 6.07) is 17.9. The number of fused-ring (bicyclic) bond motifs is 2. The second-order valence-electron chi connectivity index (χ2n) is 9.51. The molecule has 186 valence electrons. The number of rotatable bonds is 7. The van der Waals surface area contributed by atoms with E-state index in [1.54, 1.807) is 28.7 Å². The van der Waals surface area contributed by atoms with Gasteiger partial charge in [0, 0.05) is 33.8 Å². The molecular weight excluding hydrogens is 520 g/mol. The normalized spacial score (nSPS) is 11.7. The molecule has 0 amide bonds. The minimum Gasteiger partial charge on any atom is -0.380 e. The van der Waals surface area contributed by atoms with Crippen molar-refractivity contribution in [2.75, 3.05) is 12.4 Å². The standard InChI is InChI=1S/C29H25FN4S3/c1-16(2)4-5-17-6-11-20(22(30)12-17)18-7-9-19(10-8-18)21-15-32-28(29-27(21)33-37-34-29)25-13-23-24(35-25)14-26(31-3)36-23/h6-16,31H,4-5H2,1-3H3. The number of hydrogen-bond donors (Lipinski definition) is 1. The first kappa shape index (κ1) is 24.2. The maximum Gasteiger partial charge on any atom is 0.132 e. The van der Waals surface area contributed by atoms with Gasteiger partial charge in [0.1, 0.15) is 22.5 Å². The van der Waals surface area contributed by atoms with E-state index in [9.17, 15) is 4.39 Å². The molecule has 4 heterocycles. The van der Waals surface area contributed by atoms with Gasteiger partial charge >= 0.3 is 0 Å². The van der Waals surface area contributed by atoms with Crippen LogP contribution in [0.3, 0.4) is 0 Å². The lowest BCUT2D eigenvalue weighted by Gasteiger charge is -2.09. The van der Waals surface area contributed by atoms with Gasteiger partial charge in [-0.05, 0) is 53.6 Å². The van der Waals surface area contributed by atoms with Gasteiger partial charge in [0.25, 0.3) is 0 Å². The molecule has 2 aromatic carbocycles. The molecule has 8 heteroatoms. The first-order valence-electron chi connectivity index (χ1n) is 12.2. The molecule has 0 aliphatic carbocycles. The van der Waals surface area contributed by atoms with Crippen molar-refractivity contribution in [1.29, 1.82) is 0 Å².